The van der Waals surface area contributed by atoms with Gasteiger partial charge in [0.05, 0.1) is 10.6 Å². The zero-order valence-electron chi connectivity index (χ0n) is 11.6. The molecule has 21 heavy (non-hydrogen) atoms. The Hall–Kier alpha value is -2.01. The van der Waals surface area contributed by atoms with Gasteiger partial charge in [0.25, 0.3) is 5.91 Å². The minimum atomic E-state index is -0.344. The number of carbonyl (C=O) groups excluding carboxylic acids is 1. The molecule has 1 heterocycles. The molecule has 1 aromatic heterocycles. The van der Waals surface area contributed by atoms with Crippen molar-refractivity contribution in [2.75, 3.05) is 0 Å². The number of amides is 1. The topological polar surface area (TPSA) is 41.5 Å². The van der Waals surface area contributed by atoms with Gasteiger partial charge in [0.2, 0.25) is 0 Å². The summed E-state index contributed by atoms with van der Waals surface area (Å²) >= 11 is 1.53. The van der Waals surface area contributed by atoms with E-state index in [1.54, 1.807) is 25.1 Å². The molecule has 1 N–H and O–H groups in total. The molecule has 1 aliphatic carbocycles. The van der Waals surface area contributed by atoms with E-state index >= 15 is 0 Å². The fourth-order valence-corrected chi connectivity index (χ4v) is 3.59. The number of hydrazone groups is 1. The predicted octanol–water partition coefficient (Wildman–Crippen LogP) is 3.53. The highest BCUT2D eigenvalue weighted by Crippen LogP contribution is 2.30. The van der Waals surface area contributed by atoms with Crippen LogP contribution in [0.2, 0.25) is 0 Å². The lowest BCUT2D eigenvalue weighted by atomic mass is 10.1. The molecular weight excluding hydrogens is 287 g/mol. The first-order valence-corrected chi connectivity index (χ1v) is 7.68. The van der Waals surface area contributed by atoms with Gasteiger partial charge in [-0.1, -0.05) is 18.2 Å². The van der Waals surface area contributed by atoms with Crippen molar-refractivity contribution in [1.82, 2.24) is 5.43 Å². The van der Waals surface area contributed by atoms with E-state index in [0.29, 0.717) is 16.2 Å². The molecule has 1 aromatic carbocycles. The Morgan fingerprint density at radius 2 is 2.14 bits per heavy atom. The van der Waals surface area contributed by atoms with Gasteiger partial charge in [-0.05, 0) is 43.9 Å². The number of hydrogen-bond acceptors (Lipinski definition) is 3. The first-order chi connectivity index (χ1) is 10.1. The average Bonchev–Trinajstić information content (AvgIpc) is 3.06. The van der Waals surface area contributed by atoms with Gasteiger partial charge >= 0.3 is 0 Å². The maximum atomic E-state index is 13.6. The van der Waals surface area contributed by atoms with Crippen LogP contribution >= 0.6 is 11.3 Å². The standard InChI is InChI=1S/C16H15FN2OS/c1-10(12-6-2-3-7-13(12)17)18-19-16(20)15-9-11-5-4-8-14(11)21-15/h2-3,6-7,9H,4-5,8H2,1H3,(H,19,20)/b18-10-. The molecule has 108 valence electrons. The van der Waals surface area contributed by atoms with Crippen molar-refractivity contribution < 1.29 is 9.18 Å². The van der Waals surface area contributed by atoms with E-state index in [0.717, 1.165) is 12.8 Å². The quantitative estimate of drug-likeness (QED) is 0.684. The molecule has 0 saturated heterocycles. The third-order valence-corrected chi connectivity index (χ3v) is 4.80. The fraction of sp³-hybridized carbons (Fsp3) is 0.250. The van der Waals surface area contributed by atoms with Gasteiger partial charge in [0, 0.05) is 10.4 Å². The van der Waals surface area contributed by atoms with E-state index in [1.165, 1.54) is 34.3 Å². The molecule has 0 saturated carbocycles. The van der Waals surface area contributed by atoms with Crippen molar-refractivity contribution in [2.45, 2.75) is 26.2 Å². The van der Waals surface area contributed by atoms with Crippen LogP contribution in [-0.4, -0.2) is 11.6 Å². The molecule has 0 aliphatic heterocycles. The second kappa shape index (κ2) is 5.77. The van der Waals surface area contributed by atoms with Crippen LogP contribution in [0.15, 0.2) is 35.4 Å². The van der Waals surface area contributed by atoms with Gasteiger partial charge in [-0.3, -0.25) is 4.79 Å². The van der Waals surface area contributed by atoms with Crippen molar-refractivity contribution >= 4 is 23.0 Å². The number of hydrogen-bond donors (Lipinski definition) is 1. The SMILES string of the molecule is C/C(=N/NC(=O)c1cc2c(s1)CCC2)c1ccccc1F. The van der Waals surface area contributed by atoms with Gasteiger partial charge in [-0.25, -0.2) is 9.82 Å². The summed E-state index contributed by atoms with van der Waals surface area (Å²) < 4.78 is 13.6. The molecule has 0 atom stereocenters. The lowest BCUT2D eigenvalue weighted by Gasteiger charge is -2.03. The van der Waals surface area contributed by atoms with Crippen LogP contribution in [0.3, 0.4) is 0 Å². The van der Waals surface area contributed by atoms with Gasteiger partial charge in [0.1, 0.15) is 5.82 Å². The summed E-state index contributed by atoms with van der Waals surface area (Å²) in [5.41, 5.74) is 4.63. The largest absolute Gasteiger partial charge is 0.281 e. The maximum absolute atomic E-state index is 13.6. The van der Waals surface area contributed by atoms with Gasteiger partial charge in [-0.2, -0.15) is 5.10 Å². The molecule has 0 bridgehead atoms. The Kier molecular flexibility index (Phi) is 3.84. The van der Waals surface area contributed by atoms with Crippen molar-refractivity contribution in [2.24, 2.45) is 5.10 Å². The smallest absolute Gasteiger partial charge is 0.266 e. The van der Waals surface area contributed by atoms with Crippen molar-refractivity contribution in [3.63, 3.8) is 0 Å². The number of benzene rings is 1. The molecule has 0 fully saturated rings. The Morgan fingerprint density at radius 1 is 1.33 bits per heavy atom. The number of nitrogens with one attached hydrogen (secondary N) is 1. The minimum absolute atomic E-state index is 0.231. The molecular formula is C16H15FN2OS. The van der Waals surface area contributed by atoms with E-state index in [4.69, 9.17) is 0 Å². The van der Waals surface area contributed by atoms with E-state index in [1.807, 2.05) is 6.07 Å². The van der Waals surface area contributed by atoms with Gasteiger partial charge in [-0.15, -0.1) is 11.3 Å². The van der Waals surface area contributed by atoms with Gasteiger partial charge in [0.15, 0.2) is 0 Å². The number of carbonyl (C=O) groups is 1. The molecule has 3 rings (SSSR count). The summed E-state index contributed by atoms with van der Waals surface area (Å²) in [4.78, 5) is 14.0. The number of thiophene rings is 1. The molecule has 1 aliphatic rings. The molecule has 0 spiro atoms. The summed E-state index contributed by atoms with van der Waals surface area (Å²) in [7, 11) is 0. The highest BCUT2D eigenvalue weighted by Gasteiger charge is 2.18. The zero-order chi connectivity index (χ0) is 14.8. The Morgan fingerprint density at radius 3 is 2.90 bits per heavy atom. The van der Waals surface area contributed by atoms with Crippen LogP contribution < -0.4 is 5.43 Å². The molecule has 1 amide bonds. The summed E-state index contributed by atoms with van der Waals surface area (Å²) in [6.07, 6.45) is 3.29. The number of rotatable bonds is 3. The number of aryl methyl sites for hydroxylation is 2. The van der Waals surface area contributed by atoms with Crippen molar-refractivity contribution in [1.29, 1.82) is 0 Å². The molecule has 0 radical (unpaired) electrons. The molecule has 0 unspecified atom stereocenters. The number of nitrogens with zero attached hydrogens (tertiary/aromatic N) is 1. The summed E-state index contributed by atoms with van der Waals surface area (Å²) in [5, 5.41) is 4.00. The maximum Gasteiger partial charge on any atom is 0.281 e. The Bertz CT molecular complexity index is 699. The lowest BCUT2D eigenvalue weighted by molar-refractivity contribution is 0.0959. The van der Waals surface area contributed by atoms with Crippen LogP contribution in [-0.2, 0) is 12.8 Å². The fourth-order valence-electron chi connectivity index (χ4n) is 2.45. The molecule has 2 aromatic rings. The normalized spacial score (nSPS) is 14.1. The first kappa shape index (κ1) is 13.9. The van der Waals surface area contributed by atoms with Crippen LogP contribution in [0.25, 0.3) is 0 Å². The Balaban J connectivity index is 1.72. The van der Waals surface area contributed by atoms with Gasteiger partial charge < -0.3 is 0 Å². The second-order valence-electron chi connectivity index (χ2n) is 5.03. The number of fused-ring (bicyclic) bond motifs is 1. The van der Waals surface area contributed by atoms with Crippen LogP contribution in [0.4, 0.5) is 4.39 Å². The third-order valence-electron chi connectivity index (χ3n) is 3.56. The van der Waals surface area contributed by atoms with Crippen molar-refractivity contribution in [3.8, 4) is 0 Å². The molecule has 3 nitrogen and oxygen atoms in total. The van der Waals surface area contributed by atoms with Crippen LogP contribution in [0.5, 0.6) is 0 Å². The summed E-state index contributed by atoms with van der Waals surface area (Å²) in [6, 6.07) is 8.32. The highest BCUT2D eigenvalue weighted by molar-refractivity contribution is 7.14. The summed E-state index contributed by atoms with van der Waals surface area (Å²) in [5.74, 6) is -0.576. The highest BCUT2D eigenvalue weighted by atomic mass is 32.1. The van der Waals surface area contributed by atoms with Crippen LogP contribution in [0.1, 0.15) is 39.0 Å². The Labute approximate surface area is 126 Å². The van der Waals surface area contributed by atoms with E-state index in [2.05, 4.69) is 10.5 Å². The van der Waals surface area contributed by atoms with E-state index in [9.17, 15) is 9.18 Å². The monoisotopic (exact) mass is 302 g/mol. The lowest BCUT2D eigenvalue weighted by Crippen LogP contribution is -2.18. The summed E-state index contributed by atoms with van der Waals surface area (Å²) in [6.45, 7) is 1.67. The minimum Gasteiger partial charge on any atom is -0.266 e. The third kappa shape index (κ3) is 2.88. The predicted molar refractivity (Wildman–Crippen MR) is 82.4 cm³/mol. The molecule has 5 heteroatoms. The zero-order valence-corrected chi connectivity index (χ0v) is 12.5. The second-order valence-corrected chi connectivity index (χ2v) is 6.17. The van der Waals surface area contributed by atoms with Crippen LogP contribution in [0, 0.1) is 5.82 Å². The average molecular weight is 302 g/mol. The van der Waals surface area contributed by atoms with Crippen molar-refractivity contribution in [3.05, 3.63) is 57.0 Å². The van der Waals surface area contributed by atoms with E-state index < -0.39 is 0 Å². The van der Waals surface area contributed by atoms with E-state index in [-0.39, 0.29) is 11.7 Å². The first-order valence-electron chi connectivity index (χ1n) is 6.86. The number of halogens is 1.